The van der Waals surface area contributed by atoms with E-state index in [4.69, 9.17) is 10.5 Å². The Morgan fingerprint density at radius 1 is 1.20 bits per heavy atom. The minimum Gasteiger partial charge on any atom is -0.496 e. The molecule has 1 aromatic rings. The van der Waals surface area contributed by atoms with Crippen molar-refractivity contribution in [2.75, 3.05) is 7.11 Å². The molecule has 1 aliphatic carbocycles. The van der Waals surface area contributed by atoms with Gasteiger partial charge in [0, 0.05) is 5.54 Å². The number of hydrogen-bond donors (Lipinski definition) is 1. The first kappa shape index (κ1) is 15.4. The Morgan fingerprint density at radius 2 is 1.85 bits per heavy atom. The van der Waals surface area contributed by atoms with E-state index in [2.05, 4.69) is 39.0 Å². The van der Waals surface area contributed by atoms with Crippen LogP contribution in [0.1, 0.15) is 63.5 Å². The van der Waals surface area contributed by atoms with Crippen molar-refractivity contribution in [3.8, 4) is 5.75 Å². The number of nitrogens with two attached hydrogens (primary N) is 1. The molecular weight excluding hydrogens is 246 g/mol. The average molecular weight is 275 g/mol. The minimum absolute atomic E-state index is 0.160. The van der Waals surface area contributed by atoms with Gasteiger partial charge in [0.25, 0.3) is 0 Å². The lowest BCUT2D eigenvalue weighted by Gasteiger charge is -2.28. The predicted octanol–water partition coefficient (Wildman–Crippen LogP) is 4.27. The van der Waals surface area contributed by atoms with Crippen LogP contribution in [-0.2, 0) is 6.42 Å². The Bertz CT molecular complexity index is 439. The highest BCUT2D eigenvalue weighted by atomic mass is 16.5. The highest BCUT2D eigenvalue weighted by molar-refractivity contribution is 5.40. The molecule has 0 heterocycles. The molecule has 0 saturated heterocycles. The molecule has 0 bridgehead atoms. The molecule has 2 heteroatoms. The van der Waals surface area contributed by atoms with E-state index in [0.29, 0.717) is 5.92 Å². The lowest BCUT2D eigenvalue weighted by atomic mass is 9.78. The Kier molecular flexibility index (Phi) is 4.74. The molecule has 1 aromatic carbocycles. The first-order valence-electron chi connectivity index (χ1n) is 7.85. The third-order valence-corrected chi connectivity index (χ3v) is 4.41. The van der Waals surface area contributed by atoms with E-state index in [-0.39, 0.29) is 5.54 Å². The summed E-state index contributed by atoms with van der Waals surface area (Å²) in [5.74, 6) is 2.58. The van der Waals surface area contributed by atoms with Crippen LogP contribution in [0.3, 0.4) is 0 Å². The molecule has 0 aliphatic heterocycles. The first-order chi connectivity index (χ1) is 9.39. The molecule has 2 rings (SSSR count). The summed E-state index contributed by atoms with van der Waals surface area (Å²) < 4.78 is 5.58. The molecule has 1 saturated carbocycles. The number of rotatable bonds is 4. The molecule has 20 heavy (non-hydrogen) atoms. The summed E-state index contributed by atoms with van der Waals surface area (Å²) >= 11 is 0. The predicted molar refractivity (Wildman–Crippen MR) is 85.3 cm³/mol. The molecular formula is C18H29NO. The third kappa shape index (κ3) is 3.99. The molecule has 2 nitrogen and oxygen atoms in total. The Labute approximate surface area is 123 Å². The van der Waals surface area contributed by atoms with Gasteiger partial charge in [-0.05, 0) is 62.1 Å². The maximum absolute atomic E-state index is 6.15. The van der Waals surface area contributed by atoms with Crippen LogP contribution in [0.25, 0.3) is 0 Å². The molecule has 1 fully saturated rings. The maximum atomic E-state index is 6.15. The van der Waals surface area contributed by atoms with Crippen LogP contribution in [0.15, 0.2) is 18.2 Å². The SMILES string of the molecule is COc1ccc(CC(C)(C)N)cc1C1CCC(C)CC1. The van der Waals surface area contributed by atoms with Crippen molar-refractivity contribution in [3.05, 3.63) is 29.3 Å². The van der Waals surface area contributed by atoms with Crippen LogP contribution in [0.4, 0.5) is 0 Å². The summed E-state index contributed by atoms with van der Waals surface area (Å²) in [5.41, 5.74) is 8.71. The van der Waals surface area contributed by atoms with Gasteiger partial charge in [-0.3, -0.25) is 0 Å². The zero-order valence-corrected chi connectivity index (χ0v) is 13.4. The second kappa shape index (κ2) is 6.17. The highest BCUT2D eigenvalue weighted by Crippen LogP contribution is 2.39. The first-order valence-corrected chi connectivity index (χ1v) is 7.85. The summed E-state index contributed by atoms with van der Waals surface area (Å²) in [6.07, 6.45) is 6.15. The normalized spacial score (nSPS) is 23.6. The second-order valence-corrected chi connectivity index (χ2v) is 7.20. The van der Waals surface area contributed by atoms with Gasteiger partial charge in [-0.25, -0.2) is 0 Å². The van der Waals surface area contributed by atoms with Gasteiger partial charge >= 0.3 is 0 Å². The molecule has 2 N–H and O–H groups in total. The average Bonchev–Trinajstić information content (AvgIpc) is 2.38. The molecule has 0 atom stereocenters. The maximum Gasteiger partial charge on any atom is 0.122 e. The van der Waals surface area contributed by atoms with Crippen molar-refractivity contribution in [2.24, 2.45) is 11.7 Å². The Balaban J connectivity index is 2.22. The van der Waals surface area contributed by atoms with Crippen LogP contribution in [-0.4, -0.2) is 12.6 Å². The van der Waals surface area contributed by atoms with Crippen molar-refractivity contribution in [3.63, 3.8) is 0 Å². The standard InChI is InChI=1S/C18H29NO/c1-13-5-8-15(9-6-13)16-11-14(12-18(2,3)19)7-10-17(16)20-4/h7,10-11,13,15H,5-6,8-9,12,19H2,1-4H3. The Hall–Kier alpha value is -1.02. The zero-order chi connectivity index (χ0) is 14.8. The quantitative estimate of drug-likeness (QED) is 0.890. The molecule has 0 spiro atoms. The van der Waals surface area contributed by atoms with Gasteiger partial charge in [-0.1, -0.05) is 31.9 Å². The van der Waals surface area contributed by atoms with Gasteiger partial charge in [0.2, 0.25) is 0 Å². The molecule has 1 aliphatic rings. The van der Waals surface area contributed by atoms with Crippen molar-refractivity contribution >= 4 is 0 Å². The van der Waals surface area contributed by atoms with E-state index in [1.165, 1.54) is 36.8 Å². The second-order valence-electron chi connectivity index (χ2n) is 7.20. The van der Waals surface area contributed by atoms with Gasteiger partial charge in [0.05, 0.1) is 7.11 Å². The summed E-state index contributed by atoms with van der Waals surface area (Å²) in [6, 6.07) is 6.60. The van der Waals surface area contributed by atoms with Crippen LogP contribution >= 0.6 is 0 Å². The van der Waals surface area contributed by atoms with Gasteiger partial charge in [0.1, 0.15) is 5.75 Å². The number of ether oxygens (including phenoxy) is 1. The molecule has 0 aromatic heterocycles. The topological polar surface area (TPSA) is 35.2 Å². The molecule has 112 valence electrons. The van der Waals surface area contributed by atoms with E-state index in [0.717, 1.165) is 18.1 Å². The van der Waals surface area contributed by atoms with Crippen LogP contribution in [0, 0.1) is 5.92 Å². The van der Waals surface area contributed by atoms with Gasteiger partial charge in [-0.2, -0.15) is 0 Å². The van der Waals surface area contributed by atoms with Gasteiger partial charge in [-0.15, -0.1) is 0 Å². The summed E-state index contributed by atoms with van der Waals surface area (Å²) in [4.78, 5) is 0. The smallest absolute Gasteiger partial charge is 0.122 e. The summed E-state index contributed by atoms with van der Waals surface area (Å²) in [5, 5.41) is 0. The number of hydrogen-bond acceptors (Lipinski definition) is 2. The van der Waals surface area contributed by atoms with Crippen molar-refractivity contribution in [1.82, 2.24) is 0 Å². The number of methoxy groups -OCH3 is 1. The van der Waals surface area contributed by atoms with Gasteiger partial charge < -0.3 is 10.5 Å². The van der Waals surface area contributed by atoms with Crippen LogP contribution in [0.5, 0.6) is 5.75 Å². The lowest BCUT2D eigenvalue weighted by Crippen LogP contribution is -2.34. The zero-order valence-electron chi connectivity index (χ0n) is 13.4. The van der Waals surface area contributed by atoms with Gasteiger partial charge in [0.15, 0.2) is 0 Å². The summed E-state index contributed by atoms with van der Waals surface area (Å²) in [7, 11) is 1.77. The number of benzene rings is 1. The van der Waals surface area contributed by atoms with E-state index < -0.39 is 0 Å². The van der Waals surface area contributed by atoms with E-state index in [1.807, 2.05) is 0 Å². The van der Waals surface area contributed by atoms with Crippen LogP contribution in [0.2, 0.25) is 0 Å². The fourth-order valence-corrected chi connectivity index (χ4v) is 3.31. The van der Waals surface area contributed by atoms with E-state index in [1.54, 1.807) is 7.11 Å². The van der Waals surface area contributed by atoms with Crippen molar-refractivity contribution < 1.29 is 4.74 Å². The van der Waals surface area contributed by atoms with Crippen molar-refractivity contribution in [1.29, 1.82) is 0 Å². The largest absolute Gasteiger partial charge is 0.496 e. The monoisotopic (exact) mass is 275 g/mol. The fraction of sp³-hybridized carbons (Fsp3) is 0.667. The molecule has 0 amide bonds. The highest BCUT2D eigenvalue weighted by Gasteiger charge is 2.23. The lowest BCUT2D eigenvalue weighted by molar-refractivity contribution is 0.336. The minimum atomic E-state index is -0.160. The molecule has 0 unspecified atom stereocenters. The van der Waals surface area contributed by atoms with E-state index in [9.17, 15) is 0 Å². The third-order valence-electron chi connectivity index (χ3n) is 4.41. The Morgan fingerprint density at radius 3 is 2.40 bits per heavy atom. The van der Waals surface area contributed by atoms with E-state index >= 15 is 0 Å². The molecule has 0 radical (unpaired) electrons. The summed E-state index contributed by atoms with van der Waals surface area (Å²) in [6.45, 7) is 6.53. The fourth-order valence-electron chi connectivity index (χ4n) is 3.31. The van der Waals surface area contributed by atoms with Crippen LogP contribution < -0.4 is 10.5 Å². The van der Waals surface area contributed by atoms with Crippen molar-refractivity contribution in [2.45, 2.75) is 64.3 Å².